The van der Waals surface area contributed by atoms with Gasteiger partial charge in [-0.1, -0.05) is 6.07 Å². The van der Waals surface area contributed by atoms with Crippen LogP contribution >= 0.6 is 0 Å². The number of pyridine rings is 1. The lowest BCUT2D eigenvalue weighted by Crippen LogP contribution is -2.50. The highest BCUT2D eigenvalue weighted by atomic mass is 19.1. The van der Waals surface area contributed by atoms with Gasteiger partial charge in [0.05, 0.1) is 12.7 Å². The Morgan fingerprint density at radius 1 is 1.55 bits per heavy atom. The van der Waals surface area contributed by atoms with Crippen molar-refractivity contribution in [1.82, 2.24) is 15.2 Å². The number of rotatable bonds is 3. The Labute approximate surface area is 117 Å². The molecule has 0 aliphatic carbocycles. The summed E-state index contributed by atoms with van der Waals surface area (Å²) >= 11 is 0. The Hall–Kier alpha value is -1.53. The number of carbonyl (C=O) groups excluding carboxylic acids is 1. The van der Waals surface area contributed by atoms with Crippen LogP contribution in [0.1, 0.15) is 23.3 Å². The molecular formula is C14H18FN3O2. The van der Waals surface area contributed by atoms with Gasteiger partial charge in [0, 0.05) is 19.1 Å². The van der Waals surface area contributed by atoms with Crippen molar-refractivity contribution in [2.24, 2.45) is 0 Å². The van der Waals surface area contributed by atoms with Gasteiger partial charge in [0.1, 0.15) is 5.69 Å². The summed E-state index contributed by atoms with van der Waals surface area (Å²) in [5, 5.41) is 2.76. The first kappa shape index (κ1) is 13.5. The Bertz CT molecular complexity index is 497. The minimum Gasteiger partial charge on any atom is -0.373 e. The number of amides is 1. The lowest BCUT2D eigenvalue weighted by atomic mass is 10.2. The molecule has 1 aromatic heterocycles. The topological polar surface area (TPSA) is 54.5 Å². The molecule has 20 heavy (non-hydrogen) atoms. The van der Waals surface area contributed by atoms with Crippen molar-refractivity contribution in [1.29, 1.82) is 0 Å². The fourth-order valence-electron chi connectivity index (χ4n) is 2.84. The molecule has 0 saturated carbocycles. The van der Waals surface area contributed by atoms with E-state index in [1.54, 1.807) is 0 Å². The predicted octanol–water partition coefficient (Wildman–Crippen LogP) is 0.814. The first-order valence-electron chi connectivity index (χ1n) is 6.99. The van der Waals surface area contributed by atoms with E-state index in [2.05, 4.69) is 15.2 Å². The molecule has 2 aliphatic rings. The van der Waals surface area contributed by atoms with E-state index in [9.17, 15) is 9.18 Å². The maximum Gasteiger partial charge on any atom is 0.270 e. The summed E-state index contributed by atoms with van der Waals surface area (Å²) < 4.78 is 18.7. The third-order valence-corrected chi connectivity index (χ3v) is 3.90. The van der Waals surface area contributed by atoms with Gasteiger partial charge in [-0.25, -0.2) is 4.98 Å². The molecular weight excluding hydrogens is 261 g/mol. The van der Waals surface area contributed by atoms with Gasteiger partial charge >= 0.3 is 0 Å². The van der Waals surface area contributed by atoms with E-state index in [1.165, 1.54) is 31.0 Å². The molecule has 108 valence electrons. The quantitative estimate of drug-likeness (QED) is 0.832. The second kappa shape index (κ2) is 5.85. The van der Waals surface area contributed by atoms with Crippen LogP contribution in [-0.2, 0) is 4.74 Å². The SMILES string of the molecule is O=C(NCC1CN2CCCC2CO1)c1cccc(F)n1. The third-order valence-electron chi connectivity index (χ3n) is 3.90. The molecule has 0 bridgehead atoms. The van der Waals surface area contributed by atoms with Crippen molar-refractivity contribution < 1.29 is 13.9 Å². The predicted molar refractivity (Wildman–Crippen MR) is 70.9 cm³/mol. The van der Waals surface area contributed by atoms with Crippen LogP contribution in [0, 0.1) is 5.95 Å². The molecule has 0 aromatic carbocycles. The highest BCUT2D eigenvalue weighted by Crippen LogP contribution is 2.22. The minimum atomic E-state index is -0.647. The maximum absolute atomic E-state index is 12.9. The van der Waals surface area contributed by atoms with E-state index in [4.69, 9.17) is 4.74 Å². The average molecular weight is 279 g/mol. The van der Waals surface area contributed by atoms with Gasteiger partial charge in [-0.05, 0) is 31.5 Å². The van der Waals surface area contributed by atoms with Crippen molar-refractivity contribution in [3.8, 4) is 0 Å². The third kappa shape index (κ3) is 2.96. The number of fused-ring (bicyclic) bond motifs is 1. The average Bonchev–Trinajstić information content (AvgIpc) is 2.92. The Balaban J connectivity index is 1.51. The number of aromatic nitrogens is 1. The monoisotopic (exact) mass is 279 g/mol. The van der Waals surface area contributed by atoms with Crippen LogP contribution in [0.5, 0.6) is 0 Å². The molecule has 3 heterocycles. The zero-order chi connectivity index (χ0) is 13.9. The molecule has 2 fully saturated rings. The first-order valence-corrected chi connectivity index (χ1v) is 6.99. The number of hydrogen-bond acceptors (Lipinski definition) is 4. The lowest BCUT2D eigenvalue weighted by Gasteiger charge is -2.35. The van der Waals surface area contributed by atoms with Crippen LogP contribution in [-0.4, -0.2) is 54.2 Å². The fraction of sp³-hybridized carbons (Fsp3) is 0.571. The van der Waals surface area contributed by atoms with Gasteiger partial charge in [0.15, 0.2) is 0 Å². The normalized spacial score (nSPS) is 26.2. The fourth-order valence-corrected chi connectivity index (χ4v) is 2.84. The molecule has 2 unspecified atom stereocenters. The minimum absolute atomic E-state index is 0.00172. The van der Waals surface area contributed by atoms with Crippen LogP contribution in [0.3, 0.4) is 0 Å². The number of halogens is 1. The van der Waals surface area contributed by atoms with E-state index in [0.29, 0.717) is 12.6 Å². The van der Waals surface area contributed by atoms with Gasteiger partial charge < -0.3 is 10.1 Å². The van der Waals surface area contributed by atoms with E-state index >= 15 is 0 Å². The smallest absolute Gasteiger partial charge is 0.270 e. The standard InChI is InChI=1S/C14H18FN3O2/c15-13-5-1-4-12(17-13)14(19)16-7-11-8-18-6-2-3-10(18)9-20-11/h1,4-5,10-11H,2-3,6-9H2,(H,16,19). The van der Waals surface area contributed by atoms with E-state index in [-0.39, 0.29) is 17.7 Å². The van der Waals surface area contributed by atoms with E-state index < -0.39 is 5.95 Å². The second-order valence-electron chi connectivity index (χ2n) is 5.30. The lowest BCUT2D eigenvalue weighted by molar-refractivity contribution is -0.0462. The summed E-state index contributed by atoms with van der Waals surface area (Å²) in [6.45, 7) is 3.13. The number of carbonyl (C=O) groups is 1. The molecule has 6 heteroatoms. The summed E-state index contributed by atoms with van der Waals surface area (Å²) in [5.41, 5.74) is 0.0971. The van der Waals surface area contributed by atoms with Gasteiger partial charge in [0.2, 0.25) is 5.95 Å². The number of ether oxygens (including phenoxy) is 1. The molecule has 0 spiro atoms. The Morgan fingerprint density at radius 3 is 3.30 bits per heavy atom. The molecule has 2 saturated heterocycles. The molecule has 0 radical (unpaired) electrons. The van der Waals surface area contributed by atoms with Gasteiger partial charge in [-0.2, -0.15) is 4.39 Å². The molecule has 1 aromatic rings. The molecule has 5 nitrogen and oxygen atoms in total. The number of nitrogens with one attached hydrogen (secondary N) is 1. The first-order chi connectivity index (χ1) is 9.72. The summed E-state index contributed by atoms with van der Waals surface area (Å²) in [7, 11) is 0. The van der Waals surface area contributed by atoms with E-state index in [0.717, 1.165) is 19.7 Å². The molecule has 2 atom stereocenters. The van der Waals surface area contributed by atoms with Crippen molar-refractivity contribution in [2.75, 3.05) is 26.2 Å². The summed E-state index contributed by atoms with van der Waals surface area (Å²) in [5.74, 6) is -1.01. The number of nitrogens with zero attached hydrogens (tertiary/aromatic N) is 2. The molecule has 2 aliphatic heterocycles. The Kier molecular flexibility index (Phi) is 3.93. The zero-order valence-electron chi connectivity index (χ0n) is 11.2. The molecule has 1 N–H and O–H groups in total. The van der Waals surface area contributed by atoms with Crippen LogP contribution in [0.25, 0.3) is 0 Å². The second-order valence-corrected chi connectivity index (χ2v) is 5.30. The largest absolute Gasteiger partial charge is 0.373 e. The maximum atomic E-state index is 12.9. The van der Waals surface area contributed by atoms with Crippen LogP contribution in [0.4, 0.5) is 4.39 Å². The van der Waals surface area contributed by atoms with Crippen molar-refractivity contribution in [3.63, 3.8) is 0 Å². The van der Waals surface area contributed by atoms with Crippen molar-refractivity contribution in [2.45, 2.75) is 25.0 Å². The highest BCUT2D eigenvalue weighted by Gasteiger charge is 2.32. The highest BCUT2D eigenvalue weighted by molar-refractivity contribution is 5.92. The van der Waals surface area contributed by atoms with Gasteiger partial charge in [-0.15, -0.1) is 0 Å². The van der Waals surface area contributed by atoms with Crippen LogP contribution in [0.15, 0.2) is 18.2 Å². The van der Waals surface area contributed by atoms with Crippen molar-refractivity contribution in [3.05, 3.63) is 29.8 Å². The van der Waals surface area contributed by atoms with Gasteiger partial charge in [-0.3, -0.25) is 9.69 Å². The van der Waals surface area contributed by atoms with Crippen LogP contribution < -0.4 is 5.32 Å². The Morgan fingerprint density at radius 2 is 2.45 bits per heavy atom. The van der Waals surface area contributed by atoms with Gasteiger partial charge in [0.25, 0.3) is 5.91 Å². The molecule has 3 rings (SSSR count). The van der Waals surface area contributed by atoms with E-state index in [1.807, 2.05) is 0 Å². The summed E-state index contributed by atoms with van der Waals surface area (Å²) in [6.07, 6.45) is 2.42. The van der Waals surface area contributed by atoms with Crippen LogP contribution in [0.2, 0.25) is 0 Å². The zero-order valence-corrected chi connectivity index (χ0v) is 11.2. The summed E-state index contributed by atoms with van der Waals surface area (Å²) in [4.78, 5) is 17.8. The number of morpholine rings is 1. The summed E-state index contributed by atoms with van der Waals surface area (Å²) in [6, 6.07) is 4.74. The van der Waals surface area contributed by atoms with Crippen molar-refractivity contribution >= 4 is 5.91 Å². The number of hydrogen-bond donors (Lipinski definition) is 1. The molecule has 1 amide bonds.